The Morgan fingerprint density at radius 1 is 1.33 bits per heavy atom. The van der Waals surface area contributed by atoms with Crippen LogP contribution in [0, 0.1) is 10.1 Å². The van der Waals surface area contributed by atoms with E-state index in [9.17, 15) is 10.1 Å². The molecular formula is C11H10ClN5O4. The molecule has 0 aliphatic heterocycles. The molecule has 0 atom stereocenters. The van der Waals surface area contributed by atoms with Crippen molar-refractivity contribution in [3.63, 3.8) is 0 Å². The van der Waals surface area contributed by atoms with Crippen LogP contribution in [0.2, 0.25) is 5.02 Å². The number of nitrogens with zero attached hydrogens (tertiary/aromatic N) is 4. The summed E-state index contributed by atoms with van der Waals surface area (Å²) >= 11 is 5.78. The summed E-state index contributed by atoms with van der Waals surface area (Å²) < 4.78 is 10.4. The molecule has 10 heteroatoms. The highest BCUT2D eigenvalue weighted by atomic mass is 35.5. The zero-order valence-electron chi connectivity index (χ0n) is 10.8. The van der Waals surface area contributed by atoms with Crippen molar-refractivity contribution in [3.05, 3.63) is 33.3 Å². The summed E-state index contributed by atoms with van der Waals surface area (Å²) in [5.41, 5.74) is 5.27. The molecule has 0 aliphatic carbocycles. The van der Waals surface area contributed by atoms with Crippen LogP contribution in [0.5, 0.6) is 17.8 Å². The van der Waals surface area contributed by atoms with E-state index in [1.54, 1.807) is 6.92 Å². The van der Waals surface area contributed by atoms with Gasteiger partial charge in [0.2, 0.25) is 5.95 Å². The molecule has 2 N–H and O–H groups in total. The van der Waals surface area contributed by atoms with Gasteiger partial charge in [-0.3, -0.25) is 10.1 Å². The number of nitrogens with two attached hydrogens (primary N) is 1. The summed E-state index contributed by atoms with van der Waals surface area (Å²) in [6, 6.07) is 3.78. The van der Waals surface area contributed by atoms with Crippen molar-refractivity contribution in [2.45, 2.75) is 6.92 Å². The maximum atomic E-state index is 10.7. The largest absolute Gasteiger partial charge is 0.464 e. The third-order valence-corrected chi connectivity index (χ3v) is 2.51. The van der Waals surface area contributed by atoms with Crippen LogP contribution in [-0.2, 0) is 0 Å². The molecule has 2 rings (SSSR count). The minimum absolute atomic E-state index is 0.0213. The molecular weight excluding hydrogens is 302 g/mol. The molecule has 0 saturated carbocycles. The van der Waals surface area contributed by atoms with Gasteiger partial charge < -0.3 is 15.2 Å². The molecule has 21 heavy (non-hydrogen) atoms. The van der Waals surface area contributed by atoms with Gasteiger partial charge in [0, 0.05) is 12.1 Å². The Morgan fingerprint density at radius 2 is 2.05 bits per heavy atom. The van der Waals surface area contributed by atoms with Gasteiger partial charge in [-0.25, -0.2) is 0 Å². The molecule has 9 nitrogen and oxygen atoms in total. The van der Waals surface area contributed by atoms with Crippen molar-refractivity contribution in [2.24, 2.45) is 0 Å². The molecule has 0 spiro atoms. The summed E-state index contributed by atoms with van der Waals surface area (Å²) in [6.45, 7) is 2.11. The minimum atomic E-state index is -0.597. The Morgan fingerprint density at radius 3 is 2.67 bits per heavy atom. The predicted octanol–water partition coefficient (Wildman–Crippen LogP) is 2.21. The third-order valence-electron chi connectivity index (χ3n) is 2.21. The van der Waals surface area contributed by atoms with Gasteiger partial charge in [0.1, 0.15) is 10.8 Å². The molecule has 0 amide bonds. The molecule has 2 aromatic rings. The lowest BCUT2D eigenvalue weighted by Crippen LogP contribution is -2.04. The number of hydrogen-bond acceptors (Lipinski definition) is 8. The monoisotopic (exact) mass is 311 g/mol. The summed E-state index contributed by atoms with van der Waals surface area (Å²) in [6.07, 6.45) is 0. The van der Waals surface area contributed by atoms with Crippen molar-refractivity contribution in [2.75, 3.05) is 12.3 Å². The van der Waals surface area contributed by atoms with E-state index in [0.29, 0.717) is 6.61 Å². The zero-order valence-corrected chi connectivity index (χ0v) is 11.6. The van der Waals surface area contributed by atoms with E-state index >= 15 is 0 Å². The van der Waals surface area contributed by atoms with E-state index in [2.05, 4.69) is 15.0 Å². The van der Waals surface area contributed by atoms with Crippen LogP contribution in [0.15, 0.2) is 18.2 Å². The predicted molar refractivity (Wildman–Crippen MR) is 73.6 cm³/mol. The van der Waals surface area contributed by atoms with Crippen molar-refractivity contribution in [1.29, 1.82) is 0 Å². The fourth-order valence-corrected chi connectivity index (χ4v) is 1.64. The summed E-state index contributed by atoms with van der Waals surface area (Å²) in [5, 5.41) is 10.6. The Kier molecular flexibility index (Phi) is 4.33. The van der Waals surface area contributed by atoms with Crippen LogP contribution in [0.3, 0.4) is 0 Å². The first kappa shape index (κ1) is 14.7. The number of nitrogen functional groups attached to an aromatic ring is 1. The Balaban J connectivity index is 2.25. The highest BCUT2D eigenvalue weighted by Gasteiger charge is 2.14. The topological polar surface area (TPSA) is 126 Å². The molecule has 110 valence electrons. The number of halogens is 1. The van der Waals surface area contributed by atoms with E-state index in [1.807, 2.05) is 0 Å². The molecule has 0 fully saturated rings. The number of nitro groups is 1. The quantitative estimate of drug-likeness (QED) is 0.657. The number of benzene rings is 1. The normalized spacial score (nSPS) is 10.2. The van der Waals surface area contributed by atoms with Crippen molar-refractivity contribution in [1.82, 2.24) is 15.0 Å². The smallest absolute Gasteiger partial charge is 0.330 e. The van der Waals surface area contributed by atoms with Gasteiger partial charge >= 0.3 is 12.0 Å². The van der Waals surface area contributed by atoms with Crippen LogP contribution in [0.4, 0.5) is 11.6 Å². The van der Waals surface area contributed by atoms with Gasteiger partial charge in [0.15, 0.2) is 0 Å². The zero-order chi connectivity index (χ0) is 15.4. The summed E-state index contributed by atoms with van der Waals surface area (Å²) in [5.74, 6) is 0.148. The van der Waals surface area contributed by atoms with Crippen LogP contribution in [0.25, 0.3) is 0 Å². The molecule has 0 saturated heterocycles. The molecule has 1 heterocycles. The van der Waals surface area contributed by atoms with Gasteiger partial charge in [-0.15, -0.1) is 4.98 Å². The number of ether oxygens (including phenoxy) is 2. The second-order valence-corrected chi connectivity index (χ2v) is 4.07. The van der Waals surface area contributed by atoms with Crippen LogP contribution >= 0.6 is 11.6 Å². The fourth-order valence-electron chi connectivity index (χ4n) is 1.40. The lowest BCUT2D eigenvalue weighted by molar-refractivity contribution is -0.384. The molecule has 0 radical (unpaired) electrons. The first-order valence-electron chi connectivity index (χ1n) is 5.75. The highest BCUT2D eigenvalue weighted by Crippen LogP contribution is 2.30. The average molecular weight is 312 g/mol. The minimum Gasteiger partial charge on any atom is -0.464 e. The average Bonchev–Trinajstić information content (AvgIpc) is 2.37. The van der Waals surface area contributed by atoms with E-state index in [-0.39, 0.29) is 34.4 Å². The third kappa shape index (κ3) is 3.66. The molecule has 0 aliphatic rings. The van der Waals surface area contributed by atoms with Crippen molar-refractivity contribution >= 4 is 23.2 Å². The second-order valence-electron chi connectivity index (χ2n) is 3.66. The van der Waals surface area contributed by atoms with Crippen molar-refractivity contribution in [3.8, 4) is 17.8 Å². The van der Waals surface area contributed by atoms with Crippen molar-refractivity contribution < 1.29 is 14.4 Å². The first-order valence-corrected chi connectivity index (χ1v) is 6.13. The fraction of sp³-hybridized carbons (Fsp3) is 0.182. The van der Waals surface area contributed by atoms with E-state index in [1.165, 1.54) is 18.2 Å². The number of aromatic nitrogens is 3. The Hall–Kier alpha value is -2.68. The molecule has 0 bridgehead atoms. The standard InChI is InChI=1S/C11H10ClN5O4/c1-2-20-10-14-9(13)15-11(16-10)21-6-3-4-8(17(18)19)7(12)5-6/h3-5H,2H2,1H3,(H2,13,14,15,16). The SMILES string of the molecule is CCOc1nc(N)nc(Oc2ccc([N+](=O)[O-])c(Cl)c2)n1. The molecule has 1 aromatic heterocycles. The number of nitro benzene ring substituents is 1. The lowest BCUT2D eigenvalue weighted by Gasteiger charge is -2.06. The van der Waals surface area contributed by atoms with Gasteiger partial charge in [-0.1, -0.05) is 11.6 Å². The maximum absolute atomic E-state index is 10.7. The number of anilines is 1. The second kappa shape index (κ2) is 6.18. The van der Waals surface area contributed by atoms with E-state index in [0.717, 1.165) is 0 Å². The lowest BCUT2D eigenvalue weighted by atomic mass is 10.3. The van der Waals surface area contributed by atoms with Gasteiger partial charge in [-0.2, -0.15) is 9.97 Å². The van der Waals surface area contributed by atoms with Crippen LogP contribution in [0.1, 0.15) is 6.92 Å². The van der Waals surface area contributed by atoms with Gasteiger partial charge in [0.25, 0.3) is 5.69 Å². The first-order chi connectivity index (χ1) is 9.99. The summed E-state index contributed by atoms with van der Waals surface area (Å²) in [7, 11) is 0. The van der Waals surface area contributed by atoms with Gasteiger partial charge in [0.05, 0.1) is 11.5 Å². The van der Waals surface area contributed by atoms with Gasteiger partial charge in [-0.05, 0) is 13.0 Å². The van der Waals surface area contributed by atoms with E-state index < -0.39 is 4.92 Å². The maximum Gasteiger partial charge on any atom is 0.330 e. The van der Waals surface area contributed by atoms with Crippen LogP contribution in [-0.4, -0.2) is 26.5 Å². The number of rotatable bonds is 5. The highest BCUT2D eigenvalue weighted by molar-refractivity contribution is 6.32. The Bertz CT molecular complexity index is 682. The Labute approximate surface area is 123 Å². The van der Waals surface area contributed by atoms with Crippen LogP contribution < -0.4 is 15.2 Å². The molecule has 0 unspecified atom stereocenters. The number of hydrogen-bond donors (Lipinski definition) is 1. The van der Waals surface area contributed by atoms with E-state index in [4.69, 9.17) is 26.8 Å². The molecule has 1 aromatic carbocycles. The summed E-state index contributed by atoms with van der Waals surface area (Å²) in [4.78, 5) is 21.5.